The van der Waals surface area contributed by atoms with Gasteiger partial charge in [0.15, 0.2) is 0 Å². The van der Waals surface area contributed by atoms with Gasteiger partial charge in [-0.25, -0.2) is 0 Å². The summed E-state index contributed by atoms with van der Waals surface area (Å²) in [6.45, 7) is 1.92. The van der Waals surface area contributed by atoms with E-state index in [1.807, 2.05) is 25.1 Å². The molecule has 0 aliphatic carbocycles. The van der Waals surface area contributed by atoms with Crippen LogP contribution in [0.5, 0.6) is 5.75 Å². The Bertz CT molecular complexity index is 327. The Morgan fingerprint density at radius 3 is 3.00 bits per heavy atom. The predicted octanol–water partition coefficient (Wildman–Crippen LogP) is 0.474. The standard InChI is InChI=1S/C9H11BO3/c1-6-8-4-3-7(12-2)5-9(8)10(11)13-6/h3-6,11H,1-2H3/t6-/m0/s1. The van der Waals surface area contributed by atoms with Crippen LogP contribution >= 0.6 is 0 Å². The fourth-order valence-corrected chi connectivity index (χ4v) is 1.60. The molecule has 0 radical (unpaired) electrons. The van der Waals surface area contributed by atoms with Crippen molar-refractivity contribution in [3.8, 4) is 5.75 Å². The van der Waals surface area contributed by atoms with E-state index in [2.05, 4.69) is 0 Å². The minimum absolute atomic E-state index is 0.0316. The first-order valence-corrected chi connectivity index (χ1v) is 4.23. The van der Waals surface area contributed by atoms with Crippen molar-refractivity contribution in [3.05, 3.63) is 23.8 Å². The normalized spacial score (nSPS) is 20.2. The van der Waals surface area contributed by atoms with Crippen LogP contribution in [-0.4, -0.2) is 19.3 Å². The molecule has 0 bridgehead atoms. The fourth-order valence-electron chi connectivity index (χ4n) is 1.60. The molecule has 1 aliphatic heterocycles. The van der Waals surface area contributed by atoms with E-state index in [0.717, 1.165) is 16.8 Å². The van der Waals surface area contributed by atoms with Gasteiger partial charge in [-0.1, -0.05) is 6.07 Å². The van der Waals surface area contributed by atoms with Gasteiger partial charge in [0, 0.05) is 0 Å². The van der Waals surface area contributed by atoms with Crippen LogP contribution in [0.15, 0.2) is 18.2 Å². The maximum atomic E-state index is 9.49. The Morgan fingerprint density at radius 2 is 2.31 bits per heavy atom. The highest BCUT2D eigenvalue weighted by atomic mass is 16.5. The first kappa shape index (κ1) is 8.60. The lowest BCUT2D eigenvalue weighted by molar-refractivity contribution is 0.209. The van der Waals surface area contributed by atoms with E-state index < -0.39 is 7.12 Å². The maximum Gasteiger partial charge on any atom is 0.492 e. The van der Waals surface area contributed by atoms with E-state index >= 15 is 0 Å². The molecule has 1 atom stereocenters. The molecule has 0 spiro atoms. The highest BCUT2D eigenvalue weighted by molar-refractivity contribution is 6.61. The third kappa shape index (κ3) is 1.32. The van der Waals surface area contributed by atoms with Crippen LogP contribution in [0.1, 0.15) is 18.6 Å². The zero-order valence-corrected chi connectivity index (χ0v) is 7.65. The Balaban J connectivity index is 2.46. The number of fused-ring (bicyclic) bond motifs is 1. The lowest BCUT2D eigenvalue weighted by Gasteiger charge is -2.04. The zero-order valence-electron chi connectivity index (χ0n) is 7.65. The van der Waals surface area contributed by atoms with Gasteiger partial charge in [0.05, 0.1) is 13.2 Å². The van der Waals surface area contributed by atoms with Crippen molar-refractivity contribution in [3.63, 3.8) is 0 Å². The monoisotopic (exact) mass is 178 g/mol. The molecule has 68 valence electrons. The lowest BCUT2D eigenvalue weighted by atomic mass is 9.79. The predicted molar refractivity (Wildman–Crippen MR) is 50.1 cm³/mol. The summed E-state index contributed by atoms with van der Waals surface area (Å²) in [7, 11) is 0.799. The maximum absolute atomic E-state index is 9.49. The number of ether oxygens (including phenoxy) is 1. The average Bonchev–Trinajstić information content (AvgIpc) is 2.42. The fraction of sp³-hybridized carbons (Fsp3) is 0.333. The first-order valence-electron chi connectivity index (χ1n) is 4.23. The molecule has 0 fully saturated rings. The zero-order chi connectivity index (χ0) is 9.42. The molecule has 1 N–H and O–H groups in total. The second kappa shape index (κ2) is 3.05. The summed E-state index contributed by atoms with van der Waals surface area (Å²) in [5.41, 5.74) is 1.85. The van der Waals surface area contributed by atoms with E-state index in [1.54, 1.807) is 7.11 Å². The summed E-state index contributed by atoms with van der Waals surface area (Å²) >= 11 is 0. The summed E-state index contributed by atoms with van der Waals surface area (Å²) in [5.74, 6) is 0.746. The minimum Gasteiger partial charge on any atom is -0.497 e. The van der Waals surface area contributed by atoms with Crippen molar-refractivity contribution in [2.24, 2.45) is 0 Å². The van der Waals surface area contributed by atoms with Crippen molar-refractivity contribution in [1.29, 1.82) is 0 Å². The van der Waals surface area contributed by atoms with Crippen LogP contribution in [0.3, 0.4) is 0 Å². The second-order valence-electron chi connectivity index (χ2n) is 3.13. The number of methoxy groups -OCH3 is 1. The van der Waals surface area contributed by atoms with E-state index in [9.17, 15) is 5.02 Å². The minimum atomic E-state index is -0.805. The van der Waals surface area contributed by atoms with E-state index in [0.29, 0.717) is 0 Å². The number of hydrogen-bond acceptors (Lipinski definition) is 3. The van der Waals surface area contributed by atoms with Gasteiger partial charge in [-0.3, -0.25) is 0 Å². The topological polar surface area (TPSA) is 38.7 Å². The van der Waals surface area contributed by atoms with Gasteiger partial charge in [0.25, 0.3) is 0 Å². The summed E-state index contributed by atoms with van der Waals surface area (Å²) in [6, 6.07) is 5.61. The van der Waals surface area contributed by atoms with Crippen LogP contribution in [0.2, 0.25) is 0 Å². The van der Waals surface area contributed by atoms with Crippen LogP contribution < -0.4 is 10.2 Å². The van der Waals surface area contributed by atoms with Gasteiger partial charge in [0.1, 0.15) is 5.75 Å². The number of benzene rings is 1. The Morgan fingerprint density at radius 1 is 1.54 bits per heavy atom. The molecular weight excluding hydrogens is 167 g/mol. The van der Waals surface area contributed by atoms with Crippen LogP contribution in [0.25, 0.3) is 0 Å². The third-order valence-electron chi connectivity index (χ3n) is 2.33. The Hall–Kier alpha value is -0.995. The molecule has 0 saturated heterocycles. The molecule has 4 heteroatoms. The third-order valence-corrected chi connectivity index (χ3v) is 2.33. The summed E-state index contributed by atoms with van der Waals surface area (Å²) in [6.07, 6.45) is -0.0316. The van der Waals surface area contributed by atoms with E-state index in [-0.39, 0.29) is 6.10 Å². The molecule has 1 heterocycles. The van der Waals surface area contributed by atoms with E-state index in [1.165, 1.54) is 0 Å². The van der Waals surface area contributed by atoms with Crippen molar-refractivity contribution in [2.75, 3.05) is 7.11 Å². The van der Waals surface area contributed by atoms with Crippen molar-refractivity contribution < 1.29 is 14.4 Å². The molecule has 0 saturated carbocycles. The average molecular weight is 178 g/mol. The lowest BCUT2D eigenvalue weighted by Crippen LogP contribution is -2.27. The highest BCUT2D eigenvalue weighted by Gasteiger charge is 2.32. The molecule has 0 amide bonds. The second-order valence-corrected chi connectivity index (χ2v) is 3.13. The molecule has 1 aromatic rings. The molecule has 0 aromatic heterocycles. The van der Waals surface area contributed by atoms with E-state index in [4.69, 9.17) is 9.39 Å². The smallest absolute Gasteiger partial charge is 0.492 e. The van der Waals surface area contributed by atoms with Gasteiger partial charge >= 0.3 is 7.12 Å². The molecule has 3 nitrogen and oxygen atoms in total. The van der Waals surface area contributed by atoms with Crippen LogP contribution in [-0.2, 0) is 4.65 Å². The number of rotatable bonds is 1. The van der Waals surface area contributed by atoms with Gasteiger partial charge in [-0.05, 0) is 30.1 Å². The summed E-state index contributed by atoms with van der Waals surface area (Å²) < 4.78 is 10.3. The first-order chi connectivity index (χ1) is 6.22. The quantitative estimate of drug-likeness (QED) is 0.635. The van der Waals surface area contributed by atoms with Crippen LogP contribution in [0, 0.1) is 0 Å². The molecule has 1 aromatic carbocycles. The van der Waals surface area contributed by atoms with Gasteiger partial charge < -0.3 is 14.4 Å². The largest absolute Gasteiger partial charge is 0.497 e. The van der Waals surface area contributed by atoms with Gasteiger partial charge in [0.2, 0.25) is 0 Å². The van der Waals surface area contributed by atoms with Gasteiger partial charge in [-0.15, -0.1) is 0 Å². The molecule has 0 unspecified atom stereocenters. The summed E-state index contributed by atoms with van der Waals surface area (Å²) in [4.78, 5) is 0. The summed E-state index contributed by atoms with van der Waals surface area (Å²) in [5, 5.41) is 9.49. The van der Waals surface area contributed by atoms with Crippen molar-refractivity contribution in [2.45, 2.75) is 13.0 Å². The Kier molecular flexibility index (Phi) is 2.02. The molecular formula is C9H11BO3. The molecule has 1 aliphatic rings. The van der Waals surface area contributed by atoms with Crippen LogP contribution in [0.4, 0.5) is 0 Å². The molecule has 2 rings (SSSR count). The van der Waals surface area contributed by atoms with Gasteiger partial charge in [-0.2, -0.15) is 0 Å². The molecule has 13 heavy (non-hydrogen) atoms. The number of hydrogen-bond donors (Lipinski definition) is 1. The Labute approximate surface area is 77.4 Å². The van der Waals surface area contributed by atoms with Crippen molar-refractivity contribution >= 4 is 12.6 Å². The SMILES string of the molecule is COc1ccc2c(c1)B(O)O[C@H]2C. The highest BCUT2D eigenvalue weighted by Crippen LogP contribution is 2.24. The van der Waals surface area contributed by atoms with Crippen molar-refractivity contribution in [1.82, 2.24) is 0 Å².